The molecule has 0 radical (unpaired) electrons. The number of nitro groups is 1. The highest BCUT2D eigenvalue weighted by Gasteiger charge is 2.16. The van der Waals surface area contributed by atoms with Gasteiger partial charge in [-0.3, -0.25) is 10.1 Å². The average molecular weight is 281 g/mol. The molecule has 3 rings (SSSR count). The van der Waals surface area contributed by atoms with Crippen LogP contribution in [0.15, 0.2) is 54.7 Å². The highest BCUT2D eigenvalue weighted by atomic mass is 16.6. The second-order valence-corrected chi connectivity index (χ2v) is 4.41. The third kappa shape index (κ3) is 2.46. The Balaban J connectivity index is 2.09. The van der Waals surface area contributed by atoms with Crippen molar-refractivity contribution in [3.8, 4) is 11.5 Å². The third-order valence-corrected chi connectivity index (χ3v) is 3.01. The van der Waals surface area contributed by atoms with Gasteiger partial charge in [-0.25, -0.2) is 4.98 Å². The van der Waals surface area contributed by atoms with Crippen LogP contribution in [0.3, 0.4) is 0 Å². The summed E-state index contributed by atoms with van der Waals surface area (Å²) >= 11 is 0. The van der Waals surface area contributed by atoms with Crippen LogP contribution >= 0.6 is 0 Å². The quantitative estimate of drug-likeness (QED) is 0.450. The van der Waals surface area contributed by atoms with E-state index in [1.165, 1.54) is 12.3 Å². The first-order valence-corrected chi connectivity index (χ1v) is 6.20. The van der Waals surface area contributed by atoms with Gasteiger partial charge in [0.05, 0.1) is 4.92 Å². The van der Waals surface area contributed by atoms with Crippen LogP contribution in [0.1, 0.15) is 0 Å². The molecule has 6 nitrogen and oxygen atoms in total. The first kappa shape index (κ1) is 12.9. The van der Waals surface area contributed by atoms with E-state index in [2.05, 4.69) is 4.98 Å². The van der Waals surface area contributed by atoms with Gasteiger partial charge in [0.15, 0.2) is 5.52 Å². The summed E-state index contributed by atoms with van der Waals surface area (Å²) in [5, 5.41) is 11.6. The largest absolute Gasteiger partial charge is 0.457 e. The number of nitrogens with two attached hydrogens (primary N) is 1. The van der Waals surface area contributed by atoms with Gasteiger partial charge in [-0.2, -0.15) is 0 Å². The average Bonchev–Trinajstić information content (AvgIpc) is 2.49. The van der Waals surface area contributed by atoms with Gasteiger partial charge < -0.3 is 10.5 Å². The van der Waals surface area contributed by atoms with Crippen LogP contribution in [-0.4, -0.2) is 9.91 Å². The lowest BCUT2D eigenvalue weighted by atomic mass is 10.1. The van der Waals surface area contributed by atoms with Gasteiger partial charge in [0.25, 0.3) is 5.69 Å². The van der Waals surface area contributed by atoms with Crippen LogP contribution in [0, 0.1) is 10.1 Å². The Labute approximate surface area is 119 Å². The molecule has 0 spiro atoms. The molecular weight excluding hydrogens is 270 g/mol. The Morgan fingerprint density at radius 3 is 2.57 bits per heavy atom. The van der Waals surface area contributed by atoms with Gasteiger partial charge in [0, 0.05) is 23.3 Å². The minimum atomic E-state index is -0.456. The van der Waals surface area contributed by atoms with E-state index >= 15 is 0 Å². The Morgan fingerprint density at radius 2 is 1.86 bits per heavy atom. The zero-order valence-corrected chi connectivity index (χ0v) is 10.9. The molecule has 104 valence electrons. The molecule has 0 saturated heterocycles. The van der Waals surface area contributed by atoms with E-state index in [0.717, 1.165) is 0 Å². The van der Waals surface area contributed by atoms with E-state index < -0.39 is 4.92 Å². The summed E-state index contributed by atoms with van der Waals surface area (Å²) in [6.45, 7) is 0. The van der Waals surface area contributed by atoms with Gasteiger partial charge in [-0.1, -0.05) is 0 Å². The molecule has 6 heteroatoms. The number of nitrogens with zero attached hydrogens (tertiary/aromatic N) is 2. The van der Waals surface area contributed by atoms with Gasteiger partial charge in [0.2, 0.25) is 0 Å². The van der Waals surface area contributed by atoms with Crippen molar-refractivity contribution in [3.05, 3.63) is 64.8 Å². The van der Waals surface area contributed by atoms with Crippen molar-refractivity contribution in [2.24, 2.45) is 0 Å². The minimum Gasteiger partial charge on any atom is -0.457 e. The van der Waals surface area contributed by atoms with Gasteiger partial charge >= 0.3 is 0 Å². The Kier molecular flexibility index (Phi) is 3.12. The normalized spacial score (nSPS) is 10.5. The number of rotatable bonds is 3. The van der Waals surface area contributed by atoms with Crippen LogP contribution < -0.4 is 10.5 Å². The summed E-state index contributed by atoms with van der Waals surface area (Å²) in [6.07, 6.45) is 1.52. The number of aromatic nitrogens is 1. The maximum Gasteiger partial charge on any atom is 0.295 e. The molecule has 21 heavy (non-hydrogen) atoms. The monoisotopic (exact) mass is 281 g/mol. The lowest BCUT2D eigenvalue weighted by Gasteiger charge is -2.09. The molecule has 1 heterocycles. The molecule has 0 atom stereocenters. The maximum absolute atomic E-state index is 11.0. The van der Waals surface area contributed by atoms with E-state index in [1.54, 1.807) is 42.5 Å². The predicted molar refractivity (Wildman–Crippen MR) is 79.3 cm³/mol. The topological polar surface area (TPSA) is 91.3 Å². The number of nitro benzene ring substituents is 1. The molecule has 2 aromatic carbocycles. The van der Waals surface area contributed by atoms with Gasteiger partial charge in [-0.15, -0.1) is 0 Å². The molecule has 0 amide bonds. The molecule has 2 N–H and O–H groups in total. The second kappa shape index (κ2) is 5.09. The number of benzene rings is 2. The summed E-state index contributed by atoms with van der Waals surface area (Å²) < 4.78 is 5.76. The molecular formula is C15H11N3O3. The molecule has 0 aliphatic heterocycles. The smallest absolute Gasteiger partial charge is 0.295 e. The number of non-ortho nitro benzene ring substituents is 1. The molecule has 0 unspecified atom stereocenters. The highest BCUT2D eigenvalue weighted by molar-refractivity contribution is 5.92. The SMILES string of the molecule is Nc1ccc(Oc2ccc([N+](=O)[O-])c3ncccc23)cc1. The zero-order chi connectivity index (χ0) is 14.8. The number of fused-ring (bicyclic) bond motifs is 1. The third-order valence-electron chi connectivity index (χ3n) is 3.01. The van der Waals surface area contributed by atoms with Crippen LogP contribution in [-0.2, 0) is 0 Å². The first-order valence-electron chi connectivity index (χ1n) is 6.20. The molecule has 0 aliphatic carbocycles. The lowest BCUT2D eigenvalue weighted by molar-refractivity contribution is -0.383. The van der Waals surface area contributed by atoms with Crippen molar-refractivity contribution in [2.75, 3.05) is 5.73 Å². The summed E-state index contributed by atoms with van der Waals surface area (Å²) in [5.41, 5.74) is 6.52. The van der Waals surface area contributed by atoms with Gasteiger partial charge in [0.1, 0.15) is 11.5 Å². The fourth-order valence-corrected chi connectivity index (χ4v) is 2.03. The van der Waals surface area contributed by atoms with Crippen LogP contribution in [0.4, 0.5) is 11.4 Å². The van der Waals surface area contributed by atoms with Crippen molar-refractivity contribution in [3.63, 3.8) is 0 Å². The summed E-state index contributed by atoms with van der Waals surface area (Å²) in [5.74, 6) is 1.11. The summed E-state index contributed by atoms with van der Waals surface area (Å²) in [6, 6.07) is 13.3. The number of nitrogen functional groups attached to an aromatic ring is 1. The Morgan fingerprint density at radius 1 is 1.10 bits per heavy atom. The summed E-state index contributed by atoms with van der Waals surface area (Å²) in [7, 11) is 0. The van der Waals surface area contributed by atoms with E-state index in [-0.39, 0.29) is 5.69 Å². The lowest BCUT2D eigenvalue weighted by Crippen LogP contribution is -1.94. The molecule has 3 aromatic rings. The number of hydrogen-bond donors (Lipinski definition) is 1. The number of pyridine rings is 1. The van der Waals surface area contributed by atoms with E-state index in [9.17, 15) is 10.1 Å². The van der Waals surface area contributed by atoms with Crippen LogP contribution in [0.5, 0.6) is 11.5 Å². The Bertz CT molecular complexity index is 816. The van der Waals surface area contributed by atoms with E-state index in [0.29, 0.717) is 28.1 Å². The van der Waals surface area contributed by atoms with Crippen molar-refractivity contribution in [2.45, 2.75) is 0 Å². The zero-order valence-electron chi connectivity index (χ0n) is 10.9. The molecule has 0 saturated carbocycles. The molecule has 0 fully saturated rings. The maximum atomic E-state index is 11.0. The van der Waals surface area contributed by atoms with Crippen molar-refractivity contribution >= 4 is 22.3 Å². The predicted octanol–water partition coefficient (Wildman–Crippen LogP) is 3.52. The van der Waals surface area contributed by atoms with Crippen LogP contribution in [0.2, 0.25) is 0 Å². The van der Waals surface area contributed by atoms with Gasteiger partial charge in [-0.05, 0) is 42.5 Å². The number of hydrogen-bond acceptors (Lipinski definition) is 5. The Hall–Kier alpha value is -3.15. The van der Waals surface area contributed by atoms with Crippen molar-refractivity contribution in [1.29, 1.82) is 0 Å². The first-order chi connectivity index (χ1) is 10.1. The summed E-state index contributed by atoms with van der Waals surface area (Å²) in [4.78, 5) is 14.7. The fourth-order valence-electron chi connectivity index (χ4n) is 2.03. The van der Waals surface area contributed by atoms with E-state index in [1.807, 2.05) is 0 Å². The number of anilines is 1. The number of ether oxygens (including phenoxy) is 1. The highest BCUT2D eigenvalue weighted by Crippen LogP contribution is 2.34. The standard InChI is InChI=1S/C15H11N3O3/c16-10-3-5-11(6-4-10)21-14-8-7-13(18(19)20)15-12(14)2-1-9-17-15/h1-9H,16H2. The van der Waals surface area contributed by atoms with E-state index in [4.69, 9.17) is 10.5 Å². The molecule has 0 bridgehead atoms. The van der Waals surface area contributed by atoms with Crippen molar-refractivity contribution < 1.29 is 9.66 Å². The molecule has 1 aromatic heterocycles. The second-order valence-electron chi connectivity index (χ2n) is 4.41. The fraction of sp³-hybridized carbons (Fsp3) is 0. The van der Waals surface area contributed by atoms with Crippen molar-refractivity contribution in [1.82, 2.24) is 4.98 Å². The van der Waals surface area contributed by atoms with Crippen LogP contribution in [0.25, 0.3) is 10.9 Å². The minimum absolute atomic E-state index is 0.0461. The molecule has 0 aliphatic rings.